The van der Waals surface area contributed by atoms with Crippen molar-refractivity contribution in [3.05, 3.63) is 17.7 Å². The Morgan fingerprint density at radius 3 is 3.06 bits per heavy atom. The number of aryl methyl sites for hydroxylation is 1. The van der Waals surface area contributed by atoms with Crippen LogP contribution in [0.2, 0.25) is 0 Å². The number of nitrogens with one attached hydrogen (secondary N) is 2. The highest BCUT2D eigenvalue weighted by Gasteiger charge is 2.16. The molecule has 1 heterocycles. The van der Waals surface area contributed by atoms with Gasteiger partial charge in [-0.2, -0.15) is 11.8 Å². The summed E-state index contributed by atoms with van der Waals surface area (Å²) in [5, 5.41) is 6.21. The van der Waals surface area contributed by atoms with E-state index in [0.717, 1.165) is 47.8 Å². The minimum absolute atomic E-state index is 0.0839. The first-order valence-corrected chi connectivity index (χ1v) is 7.55. The molecule has 0 saturated heterocycles. The number of hydrogen-bond donors (Lipinski definition) is 3. The number of hydrogen-bond acceptors (Lipinski definition) is 4. The van der Waals surface area contributed by atoms with Crippen molar-refractivity contribution in [2.75, 3.05) is 34.9 Å². The maximum absolute atomic E-state index is 11.4. The average molecular weight is 265 g/mol. The predicted octanol–water partition coefficient (Wildman–Crippen LogP) is 2.32. The monoisotopic (exact) mass is 265 g/mol. The number of nitrogens with two attached hydrogens (primary N) is 1. The predicted molar refractivity (Wildman–Crippen MR) is 79.3 cm³/mol. The van der Waals surface area contributed by atoms with Gasteiger partial charge in [0.05, 0.1) is 11.4 Å². The van der Waals surface area contributed by atoms with Crippen LogP contribution in [0, 0.1) is 0 Å². The van der Waals surface area contributed by atoms with Gasteiger partial charge in [0.15, 0.2) is 0 Å². The van der Waals surface area contributed by atoms with Crippen LogP contribution in [0.5, 0.6) is 0 Å². The number of benzene rings is 1. The summed E-state index contributed by atoms with van der Waals surface area (Å²) in [5.41, 5.74) is 9.71. The van der Waals surface area contributed by atoms with E-state index in [2.05, 4.69) is 16.9 Å². The summed E-state index contributed by atoms with van der Waals surface area (Å²) >= 11 is 1.84. The van der Waals surface area contributed by atoms with Gasteiger partial charge >= 0.3 is 0 Å². The van der Waals surface area contributed by atoms with Crippen LogP contribution in [0.25, 0.3) is 0 Å². The van der Waals surface area contributed by atoms with Crippen molar-refractivity contribution >= 4 is 34.7 Å². The average Bonchev–Trinajstić information content (AvgIpc) is 2.35. The number of carbonyl (C=O) groups is 1. The van der Waals surface area contributed by atoms with E-state index >= 15 is 0 Å². The Balaban J connectivity index is 2.06. The van der Waals surface area contributed by atoms with Gasteiger partial charge in [-0.3, -0.25) is 4.79 Å². The van der Waals surface area contributed by atoms with Crippen molar-refractivity contribution < 1.29 is 4.79 Å². The maximum atomic E-state index is 11.4. The van der Waals surface area contributed by atoms with Gasteiger partial charge in [-0.05, 0) is 42.5 Å². The molecule has 0 saturated carbocycles. The number of nitrogen functional groups attached to an aromatic ring is 1. The Labute approximate surface area is 112 Å². The van der Waals surface area contributed by atoms with Gasteiger partial charge in [0.25, 0.3) is 0 Å². The summed E-state index contributed by atoms with van der Waals surface area (Å²) in [6, 6.07) is 3.91. The molecule has 4 N–H and O–H groups in total. The van der Waals surface area contributed by atoms with Crippen LogP contribution >= 0.6 is 11.8 Å². The number of thioether (sulfide) groups is 1. The topological polar surface area (TPSA) is 67.1 Å². The molecule has 1 aromatic rings. The SMILES string of the molecule is CSCCCNc1cc2c(cc1N)CCC(=O)N2. The molecule has 0 bridgehead atoms. The normalized spacial score (nSPS) is 13.9. The molecule has 1 amide bonds. The molecule has 0 fully saturated rings. The van der Waals surface area contributed by atoms with Gasteiger partial charge in [-0.1, -0.05) is 0 Å². The van der Waals surface area contributed by atoms with Crippen LogP contribution < -0.4 is 16.4 Å². The fraction of sp³-hybridized carbons (Fsp3) is 0.462. The molecule has 0 unspecified atom stereocenters. The molecule has 2 rings (SSSR count). The molecule has 18 heavy (non-hydrogen) atoms. The van der Waals surface area contributed by atoms with E-state index in [1.165, 1.54) is 0 Å². The number of rotatable bonds is 5. The highest BCUT2D eigenvalue weighted by Crippen LogP contribution is 2.30. The Bertz CT molecular complexity index is 448. The van der Waals surface area contributed by atoms with Crippen LogP contribution in [-0.2, 0) is 11.2 Å². The first-order valence-electron chi connectivity index (χ1n) is 6.16. The van der Waals surface area contributed by atoms with Gasteiger partial charge in [0.1, 0.15) is 0 Å². The second-order valence-electron chi connectivity index (χ2n) is 4.42. The highest BCUT2D eigenvalue weighted by atomic mass is 32.2. The molecule has 1 aliphatic heterocycles. The van der Waals surface area contributed by atoms with E-state index in [9.17, 15) is 4.79 Å². The summed E-state index contributed by atoms with van der Waals surface area (Å²) in [4.78, 5) is 11.4. The lowest BCUT2D eigenvalue weighted by atomic mass is 10.0. The van der Waals surface area contributed by atoms with E-state index < -0.39 is 0 Å². The Morgan fingerprint density at radius 1 is 1.44 bits per heavy atom. The second kappa shape index (κ2) is 6.00. The van der Waals surface area contributed by atoms with Crippen molar-refractivity contribution in [2.45, 2.75) is 19.3 Å². The molecule has 0 aromatic heterocycles. The van der Waals surface area contributed by atoms with Crippen molar-refractivity contribution in [1.82, 2.24) is 0 Å². The zero-order valence-corrected chi connectivity index (χ0v) is 11.4. The fourth-order valence-electron chi connectivity index (χ4n) is 2.04. The summed E-state index contributed by atoms with van der Waals surface area (Å²) in [6.07, 6.45) is 4.53. The molecule has 0 radical (unpaired) electrons. The first-order chi connectivity index (χ1) is 8.70. The standard InChI is InChI=1S/C13H19N3OS/c1-18-6-2-5-15-12-8-11-9(7-10(12)14)3-4-13(17)16-11/h7-8,15H,2-6,14H2,1H3,(H,16,17). The zero-order valence-electron chi connectivity index (χ0n) is 10.6. The highest BCUT2D eigenvalue weighted by molar-refractivity contribution is 7.98. The van der Waals surface area contributed by atoms with Gasteiger partial charge in [0.2, 0.25) is 5.91 Å². The van der Waals surface area contributed by atoms with Crippen LogP contribution in [-0.4, -0.2) is 24.5 Å². The molecule has 0 spiro atoms. The smallest absolute Gasteiger partial charge is 0.224 e. The third-order valence-corrected chi connectivity index (χ3v) is 3.71. The van der Waals surface area contributed by atoms with E-state index in [4.69, 9.17) is 5.73 Å². The molecule has 1 aromatic carbocycles. The number of carbonyl (C=O) groups excluding carboxylic acids is 1. The van der Waals surface area contributed by atoms with E-state index in [-0.39, 0.29) is 5.91 Å². The summed E-state index contributed by atoms with van der Waals surface area (Å²) < 4.78 is 0. The largest absolute Gasteiger partial charge is 0.397 e. The summed E-state index contributed by atoms with van der Waals surface area (Å²) in [7, 11) is 0. The van der Waals surface area contributed by atoms with Crippen LogP contribution in [0.3, 0.4) is 0 Å². The molecule has 4 nitrogen and oxygen atoms in total. The van der Waals surface area contributed by atoms with Gasteiger partial charge in [-0.25, -0.2) is 0 Å². The van der Waals surface area contributed by atoms with Crippen molar-refractivity contribution in [2.24, 2.45) is 0 Å². The van der Waals surface area contributed by atoms with Crippen LogP contribution in [0.4, 0.5) is 17.1 Å². The molecular weight excluding hydrogens is 246 g/mol. The van der Waals surface area contributed by atoms with Gasteiger partial charge in [-0.15, -0.1) is 0 Å². The van der Waals surface area contributed by atoms with Crippen LogP contribution in [0.15, 0.2) is 12.1 Å². The first kappa shape index (κ1) is 13.1. The second-order valence-corrected chi connectivity index (χ2v) is 5.40. The van der Waals surface area contributed by atoms with E-state index in [1.807, 2.05) is 23.9 Å². The summed E-state index contributed by atoms with van der Waals surface area (Å²) in [6.45, 7) is 0.901. The molecule has 98 valence electrons. The number of anilines is 3. The number of amides is 1. The molecule has 0 aliphatic carbocycles. The van der Waals surface area contributed by atoms with E-state index in [0.29, 0.717) is 6.42 Å². The quantitative estimate of drug-likeness (QED) is 0.564. The third kappa shape index (κ3) is 3.10. The van der Waals surface area contributed by atoms with Crippen molar-refractivity contribution in [1.29, 1.82) is 0 Å². The van der Waals surface area contributed by atoms with Crippen LogP contribution in [0.1, 0.15) is 18.4 Å². The maximum Gasteiger partial charge on any atom is 0.224 e. The lowest BCUT2D eigenvalue weighted by Crippen LogP contribution is -2.19. The van der Waals surface area contributed by atoms with Crippen molar-refractivity contribution in [3.63, 3.8) is 0 Å². The molecule has 1 aliphatic rings. The minimum atomic E-state index is 0.0839. The van der Waals surface area contributed by atoms with Gasteiger partial charge < -0.3 is 16.4 Å². The fourth-order valence-corrected chi connectivity index (χ4v) is 2.47. The van der Waals surface area contributed by atoms with E-state index in [1.54, 1.807) is 0 Å². The summed E-state index contributed by atoms with van der Waals surface area (Å²) in [5.74, 6) is 1.22. The molecule has 0 atom stereocenters. The van der Waals surface area contributed by atoms with Crippen molar-refractivity contribution in [3.8, 4) is 0 Å². The molecular formula is C13H19N3OS. The Morgan fingerprint density at radius 2 is 2.28 bits per heavy atom. The lowest BCUT2D eigenvalue weighted by molar-refractivity contribution is -0.116. The Hall–Kier alpha value is -1.36. The minimum Gasteiger partial charge on any atom is -0.397 e. The molecule has 5 heteroatoms. The number of fused-ring (bicyclic) bond motifs is 1. The Kier molecular flexibility index (Phi) is 4.36. The third-order valence-electron chi connectivity index (χ3n) is 3.01. The zero-order chi connectivity index (χ0) is 13.0. The lowest BCUT2D eigenvalue weighted by Gasteiger charge is -2.19. The van der Waals surface area contributed by atoms with Gasteiger partial charge in [0, 0.05) is 18.7 Å².